The maximum atomic E-state index is 12.6. The quantitative estimate of drug-likeness (QED) is 0.463. The Morgan fingerprint density at radius 3 is 2.79 bits per heavy atom. The normalized spacial score (nSPS) is 20.0. The molecule has 126 valence electrons. The Kier molecular flexibility index (Phi) is 4.43. The lowest BCUT2D eigenvalue weighted by molar-refractivity contribution is -0.137. The highest BCUT2D eigenvalue weighted by Gasteiger charge is 2.40. The van der Waals surface area contributed by atoms with E-state index in [4.69, 9.17) is 5.11 Å². The summed E-state index contributed by atoms with van der Waals surface area (Å²) in [7, 11) is 0. The van der Waals surface area contributed by atoms with Gasteiger partial charge in [-0.1, -0.05) is 0 Å². The molecule has 24 heavy (non-hydrogen) atoms. The van der Waals surface area contributed by atoms with E-state index in [0.717, 1.165) is 9.13 Å². The van der Waals surface area contributed by atoms with Crippen LogP contribution in [-0.2, 0) is 20.9 Å². The van der Waals surface area contributed by atoms with Gasteiger partial charge < -0.3 is 15.3 Å². The van der Waals surface area contributed by atoms with Gasteiger partial charge in [-0.25, -0.2) is 0 Å². The van der Waals surface area contributed by atoms with Crippen molar-refractivity contribution in [1.82, 2.24) is 10.2 Å². The second-order valence-corrected chi connectivity index (χ2v) is 6.68. The first-order valence-electron chi connectivity index (χ1n) is 7.30. The van der Waals surface area contributed by atoms with E-state index in [1.54, 1.807) is 12.1 Å². The minimum atomic E-state index is -0.979. The first kappa shape index (κ1) is 16.7. The maximum absolute atomic E-state index is 12.6. The van der Waals surface area contributed by atoms with Gasteiger partial charge in [0, 0.05) is 27.8 Å². The summed E-state index contributed by atoms with van der Waals surface area (Å²) in [6, 6.07) is 2.64. The molecule has 0 spiro atoms. The van der Waals surface area contributed by atoms with Crippen LogP contribution in [-0.4, -0.2) is 46.3 Å². The highest BCUT2D eigenvalue weighted by atomic mass is 127. The molecule has 1 atom stereocenters. The van der Waals surface area contributed by atoms with Crippen molar-refractivity contribution >= 4 is 52.0 Å². The van der Waals surface area contributed by atoms with Crippen LogP contribution in [0, 0.1) is 3.57 Å². The summed E-state index contributed by atoms with van der Waals surface area (Å²) in [4.78, 5) is 48.0. The van der Waals surface area contributed by atoms with Crippen molar-refractivity contribution in [3.05, 3.63) is 26.8 Å². The van der Waals surface area contributed by atoms with Crippen LogP contribution < -0.4 is 10.6 Å². The molecule has 0 bridgehead atoms. The number of anilines is 1. The number of nitrogens with zero attached hydrogens (tertiary/aromatic N) is 1. The molecular formula is C15H14IN3O5. The summed E-state index contributed by atoms with van der Waals surface area (Å²) in [6.07, 6.45) is 0.518. The fourth-order valence-electron chi connectivity index (χ4n) is 2.91. The average Bonchev–Trinajstić information content (AvgIpc) is 2.84. The van der Waals surface area contributed by atoms with Crippen molar-refractivity contribution in [2.75, 3.05) is 11.9 Å². The number of aliphatic carboxylic acids is 1. The average molecular weight is 443 g/mol. The van der Waals surface area contributed by atoms with Crippen molar-refractivity contribution in [2.24, 2.45) is 0 Å². The topological polar surface area (TPSA) is 116 Å². The standard InChI is InChI=1S/C15H14IN3O5/c16-13-8-6-19(10-3-4-11(20)18-14(10)23)15(24)7(8)1-2-9(13)17-5-12(21)22/h1-2,10,17H,3-6H2,(H,21,22)(H,18,20,23). The summed E-state index contributed by atoms with van der Waals surface area (Å²) in [5.41, 5.74) is 1.90. The zero-order chi connectivity index (χ0) is 17.4. The Hall–Kier alpha value is -2.17. The predicted molar refractivity (Wildman–Crippen MR) is 91.3 cm³/mol. The molecule has 1 aromatic carbocycles. The second kappa shape index (κ2) is 6.38. The Morgan fingerprint density at radius 2 is 2.12 bits per heavy atom. The number of amides is 3. The monoisotopic (exact) mass is 443 g/mol. The van der Waals surface area contributed by atoms with Gasteiger partial charge >= 0.3 is 5.97 Å². The van der Waals surface area contributed by atoms with Crippen LogP contribution in [0.5, 0.6) is 0 Å². The van der Waals surface area contributed by atoms with Crippen molar-refractivity contribution < 1.29 is 24.3 Å². The summed E-state index contributed by atoms with van der Waals surface area (Å²) in [5, 5.41) is 13.8. The lowest BCUT2D eigenvalue weighted by Gasteiger charge is -2.29. The van der Waals surface area contributed by atoms with Crippen LogP contribution in [0.1, 0.15) is 28.8 Å². The number of carboxylic acids is 1. The van der Waals surface area contributed by atoms with Gasteiger partial charge in [-0.15, -0.1) is 0 Å². The van der Waals surface area contributed by atoms with Crippen molar-refractivity contribution in [3.8, 4) is 0 Å². The van der Waals surface area contributed by atoms with Crippen LogP contribution in [0.15, 0.2) is 12.1 Å². The molecule has 2 aliphatic heterocycles. The Labute approximate surface area is 150 Å². The molecule has 1 aromatic rings. The zero-order valence-corrected chi connectivity index (χ0v) is 14.6. The second-order valence-electron chi connectivity index (χ2n) is 5.60. The molecule has 9 heteroatoms. The van der Waals surface area contributed by atoms with E-state index in [1.165, 1.54) is 4.90 Å². The number of imide groups is 1. The van der Waals surface area contributed by atoms with Gasteiger partial charge in [0.05, 0.1) is 0 Å². The van der Waals surface area contributed by atoms with E-state index in [-0.39, 0.29) is 31.3 Å². The molecule has 1 unspecified atom stereocenters. The first-order chi connectivity index (χ1) is 11.4. The SMILES string of the molecule is O=C(O)CNc1ccc2c(c1I)CN(C1CCC(=O)NC1=O)C2=O. The molecular weight excluding hydrogens is 429 g/mol. The largest absolute Gasteiger partial charge is 0.480 e. The predicted octanol–water partition coefficient (Wildman–Crippen LogP) is 0.549. The van der Waals surface area contributed by atoms with Crippen LogP contribution in [0.4, 0.5) is 5.69 Å². The van der Waals surface area contributed by atoms with E-state index in [2.05, 4.69) is 33.2 Å². The third-order valence-corrected chi connectivity index (χ3v) is 5.31. The molecule has 1 fully saturated rings. The molecule has 3 N–H and O–H groups in total. The van der Waals surface area contributed by atoms with Crippen LogP contribution in [0.2, 0.25) is 0 Å². The van der Waals surface area contributed by atoms with E-state index < -0.39 is 17.9 Å². The molecule has 0 aliphatic carbocycles. The van der Waals surface area contributed by atoms with E-state index >= 15 is 0 Å². The minimum absolute atomic E-state index is 0.207. The van der Waals surface area contributed by atoms with E-state index in [0.29, 0.717) is 17.7 Å². The Bertz CT molecular complexity index is 764. The summed E-state index contributed by atoms with van der Waals surface area (Å²) in [6.45, 7) is 0.0426. The van der Waals surface area contributed by atoms with Crippen LogP contribution in [0.3, 0.4) is 0 Å². The molecule has 0 saturated carbocycles. The Balaban J connectivity index is 1.84. The molecule has 2 heterocycles. The van der Waals surface area contributed by atoms with E-state index in [1.807, 2.05) is 0 Å². The molecule has 3 amide bonds. The van der Waals surface area contributed by atoms with Crippen molar-refractivity contribution in [3.63, 3.8) is 0 Å². The van der Waals surface area contributed by atoms with E-state index in [9.17, 15) is 19.2 Å². The summed E-state index contributed by atoms with van der Waals surface area (Å²) in [5.74, 6) is -2.00. The molecule has 0 aromatic heterocycles. The number of carbonyl (C=O) groups is 4. The van der Waals surface area contributed by atoms with Crippen molar-refractivity contribution in [2.45, 2.75) is 25.4 Å². The third kappa shape index (κ3) is 2.95. The smallest absolute Gasteiger partial charge is 0.322 e. The zero-order valence-electron chi connectivity index (χ0n) is 12.5. The number of fused-ring (bicyclic) bond motifs is 1. The number of carbonyl (C=O) groups excluding carboxylic acids is 3. The van der Waals surface area contributed by atoms with Gasteiger partial charge in [0.15, 0.2) is 0 Å². The molecule has 1 saturated heterocycles. The highest BCUT2D eigenvalue weighted by molar-refractivity contribution is 14.1. The fraction of sp³-hybridized carbons (Fsp3) is 0.333. The number of halogens is 1. The number of nitrogens with one attached hydrogen (secondary N) is 2. The van der Waals surface area contributed by atoms with Crippen LogP contribution >= 0.6 is 22.6 Å². The van der Waals surface area contributed by atoms with Gasteiger partial charge in [0.1, 0.15) is 12.6 Å². The van der Waals surface area contributed by atoms with Gasteiger partial charge in [-0.05, 0) is 46.7 Å². The number of benzene rings is 1. The van der Waals surface area contributed by atoms with Gasteiger partial charge in [-0.2, -0.15) is 0 Å². The number of hydrogen-bond donors (Lipinski definition) is 3. The maximum Gasteiger partial charge on any atom is 0.322 e. The number of rotatable bonds is 4. The molecule has 0 radical (unpaired) electrons. The fourth-order valence-corrected chi connectivity index (χ4v) is 3.74. The third-order valence-electron chi connectivity index (χ3n) is 4.08. The Morgan fingerprint density at radius 1 is 1.38 bits per heavy atom. The lowest BCUT2D eigenvalue weighted by Crippen LogP contribution is -2.52. The highest BCUT2D eigenvalue weighted by Crippen LogP contribution is 2.34. The molecule has 8 nitrogen and oxygen atoms in total. The number of piperidine rings is 1. The lowest BCUT2D eigenvalue weighted by atomic mass is 10.0. The van der Waals surface area contributed by atoms with Crippen LogP contribution in [0.25, 0.3) is 0 Å². The first-order valence-corrected chi connectivity index (χ1v) is 8.38. The van der Waals surface area contributed by atoms with Crippen molar-refractivity contribution in [1.29, 1.82) is 0 Å². The number of carboxylic acid groups (broad SMARTS) is 1. The number of hydrogen-bond acceptors (Lipinski definition) is 5. The van der Waals surface area contributed by atoms with Gasteiger partial charge in [0.2, 0.25) is 11.8 Å². The van der Waals surface area contributed by atoms with Gasteiger partial charge in [0.25, 0.3) is 5.91 Å². The summed E-state index contributed by atoms with van der Waals surface area (Å²) >= 11 is 2.06. The molecule has 2 aliphatic rings. The summed E-state index contributed by atoms with van der Waals surface area (Å²) < 4.78 is 0.759. The minimum Gasteiger partial charge on any atom is -0.480 e. The molecule has 3 rings (SSSR count). The van der Waals surface area contributed by atoms with Gasteiger partial charge in [-0.3, -0.25) is 24.5 Å².